The fourth-order valence-corrected chi connectivity index (χ4v) is 2.63. The molecule has 82 valence electrons. The maximum absolute atomic E-state index is 5.53. The van der Waals surface area contributed by atoms with E-state index in [-0.39, 0.29) is 0 Å². The van der Waals surface area contributed by atoms with Crippen LogP contribution in [0.25, 0.3) is 0 Å². The SMILES string of the molecule is NCCCN1CCc2cccc(Br)c2C1. The number of fused-ring (bicyclic) bond motifs is 1. The summed E-state index contributed by atoms with van der Waals surface area (Å²) in [5.41, 5.74) is 8.49. The molecule has 0 radical (unpaired) electrons. The van der Waals surface area contributed by atoms with Crippen LogP contribution in [0.3, 0.4) is 0 Å². The van der Waals surface area contributed by atoms with E-state index in [9.17, 15) is 0 Å². The molecular formula is C12H17BrN2. The van der Waals surface area contributed by atoms with Gasteiger partial charge in [-0.15, -0.1) is 0 Å². The number of nitrogens with zero attached hydrogens (tertiary/aromatic N) is 1. The van der Waals surface area contributed by atoms with E-state index in [1.165, 1.54) is 28.6 Å². The van der Waals surface area contributed by atoms with Gasteiger partial charge in [0.15, 0.2) is 0 Å². The van der Waals surface area contributed by atoms with Crippen molar-refractivity contribution >= 4 is 15.9 Å². The number of rotatable bonds is 3. The maximum atomic E-state index is 5.53. The number of halogens is 1. The highest BCUT2D eigenvalue weighted by Gasteiger charge is 2.17. The molecule has 0 aromatic heterocycles. The van der Waals surface area contributed by atoms with E-state index in [1.807, 2.05) is 0 Å². The summed E-state index contributed by atoms with van der Waals surface area (Å²) in [6, 6.07) is 6.49. The largest absolute Gasteiger partial charge is 0.330 e. The molecule has 1 aliphatic rings. The van der Waals surface area contributed by atoms with Crippen LogP contribution >= 0.6 is 15.9 Å². The fraction of sp³-hybridized carbons (Fsp3) is 0.500. The van der Waals surface area contributed by atoms with E-state index in [2.05, 4.69) is 39.0 Å². The van der Waals surface area contributed by atoms with E-state index in [1.54, 1.807) is 0 Å². The van der Waals surface area contributed by atoms with Gasteiger partial charge in [0.2, 0.25) is 0 Å². The van der Waals surface area contributed by atoms with Gasteiger partial charge in [-0.3, -0.25) is 4.90 Å². The van der Waals surface area contributed by atoms with Crippen LogP contribution in [-0.4, -0.2) is 24.5 Å². The van der Waals surface area contributed by atoms with E-state index < -0.39 is 0 Å². The highest BCUT2D eigenvalue weighted by atomic mass is 79.9. The first kappa shape index (κ1) is 11.1. The molecule has 15 heavy (non-hydrogen) atoms. The smallest absolute Gasteiger partial charge is 0.0247 e. The van der Waals surface area contributed by atoms with Crippen molar-refractivity contribution in [1.29, 1.82) is 0 Å². The van der Waals surface area contributed by atoms with Crippen LogP contribution in [0.1, 0.15) is 17.5 Å². The van der Waals surface area contributed by atoms with Crippen molar-refractivity contribution in [3.8, 4) is 0 Å². The Bertz CT molecular complexity index is 338. The van der Waals surface area contributed by atoms with Crippen molar-refractivity contribution in [3.63, 3.8) is 0 Å². The Morgan fingerprint density at radius 3 is 3.07 bits per heavy atom. The molecule has 0 unspecified atom stereocenters. The lowest BCUT2D eigenvalue weighted by atomic mass is 10.00. The van der Waals surface area contributed by atoms with E-state index in [0.29, 0.717) is 0 Å². The zero-order chi connectivity index (χ0) is 10.7. The van der Waals surface area contributed by atoms with Gasteiger partial charge >= 0.3 is 0 Å². The normalized spacial score (nSPS) is 16.4. The summed E-state index contributed by atoms with van der Waals surface area (Å²) in [5, 5.41) is 0. The van der Waals surface area contributed by atoms with Gasteiger partial charge in [0, 0.05) is 17.6 Å². The van der Waals surface area contributed by atoms with Crippen LogP contribution in [-0.2, 0) is 13.0 Å². The first-order chi connectivity index (χ1) is 7.31. The minimum atomic E-state index is 0.791. The van der Waals surface area contributed by atoms with Crippen molar-refractivity contribution in [3.05, 3.63) is 33.8 Å². The second-order valence-corrected chi connectivity index (χ2v) is 4.90. The number of nitrogens with two attached hydrogens (primary N) is 1. The molecular weight excluding hydrogens is 252 g/mol. The van der Waals surface area contributed by atoms with Crippen molar-refractivity contribution in [2.24, 2.45) is 5.73 Å². The van der Waals surface area contributed by atoms with E-state index in [4.69, 9.17) is 5.73 Å². The molecule has 0 fully saturated rings. The Morgan fingerprint density at radius 2 is 2.27 bits per heavy atom. The summed E-state index contributed by atoms with van der Waals surface area (Å²) >= 11 is 3.63. The standard InChI is InChI=1S/C12H17BrN2/c13-12-4-1-3-10-5-8-15(7-2-6-14)9-11(10)12/h1,3-4H,2,5-9,14H2. The van der Waals surface area contributed by atoms with Gasteiger partial charge in [0.25, 0.3) is 0 Å². The Labute approximate surface area is 99.6 Å². The Kier molecular flexibility index (Phi) is 3.78. The van der Waals surface area contributed by atoms with Crippen LogP contribution in [0.2, 0.25) is 0 Å². The predicted molar refractivity (Wildman–Crippen MR) is 66.8 cm³/mol. The summed E-state index contributed by atoms with van der Waals surface area (Å²) in [7, 11) is 0. The molecule has 1 aliphatic heterocycles. The number of hydrogen-bond acceptors (Lipinski definition) is 2. The third kappa shape index (κ3) is 2.60. The second-order valence-electron chi connectivity index (χ2n) is 4.05. The lowest BCUT2D eigenvalue weighted by Crippen LogP contribution is -2.32. The summed E-state index contributed by atoms with van der Waals surface area (Å²) in [5.74, 6) is 0. The van der Waals surface area contributed by atoms with Crippen LogP contribution in [0.5, 0.6) is 0 Å². The van der Waals surface area contributed by atoms with Crippen LogP contribution < -0.4 is 5.73 Å². The summed E-state index contributed by atoms with van der Waals surface area (Å²) in [6.45, 7) is 4.15. The molecule has 1 aromatic rings. The topological polar surface area (TPSA) is 29.3 Å². The van der Waals surface area contributed by atoms with Gasteiger partial charge < -0.3 is 5.73 Å². The number of hydrogen-bond donors (Lipinski definition) is 1. The van der Waals surface area contributed by atoms with Crippen molar-refractivity contribution in [2.75, 3.05) is 19.6 Å². The zero-order valence-electron chi connectivity index (χ0n) is 8.88. The maximum Gasteiger partial charge on any atom is 0.0247 e. The Morgan fingerprint density at radius 1 is 1.40 bits per heavy atom. The van der Waals surface area contributed by atoms with Crippen molar-refractivity contribution in [1.82, 2.24) is 4.90 Å². The predicted octanol–water partition coefficient (Wildman–Crippen LogP) is 2.16. The third-order valence-electron chi connectivity index (χ3n) is 2.97. The van der Waals surface area contributed by atoms with Crippen LogP contribution in [0.15, 0.2) is 22.7 Å². The van der Waals surface area contributed by atoms with Gasteiger partial charge in [-0.05, 0) is 43.1 Å². The lowest BCUT2D eigenvalue weighted by molar-refractivity contribution is 0.252. The average molecular weight is 269 g/mol. The molecule has 2 N–H and O–H groups in total. The molecule has 0 saturated carbocycles. The lowest BCUT2D eigenvalue weighted by Gasteiger charge is -2.29. The van der Waals surface area contributed by atoms with Gasteiger partial charge in [-0.2, -0.15) is 0 Å². The van der Waals surface area contributed by atoms with Crippen molar-refractivity contribution < 1.29 is 0 Å². The molecule has 0 bridgehead atoms. The number of benzene rings is 1. The van der Waals surface area contributed by atoms with Crippen LogP contribution in [0, 0.1) is 0 Å². The minimum Gasteiger partial charge on any atom is -0.330 e. The molecule has 0 atom stereocenters. The summed E-state index contributed by atoms with van der Waals surface area (Å²) in [6.07, 6.45) is 2.26. The molecule has 1 heterocycles. The zero-order valence-corrected chi connectivity index (χ0v) is 10.5. The highest BCUT2D eigenvalue weighted by Crippen LogP contribution is 2.26. The summed E-state index contributed by atoms with van der Waals surface area (Å²) < 4.78 is 1.25. The van der Waals surface area contributed by atoms with Crippen LogP contribution in [0.4, 0.5) is 0 Å². The monoisotopic (exact) mass is 268 g/mol. The molecule has 3 heteroatoms. The average Bonchev–Trinajstić information content (AvgIpc) is 2.27. The molecule has 0 spiro atoms. The highest BCUT2D eigenvalue weighted by molar-refractivity contribution is 9.10. The van der Waals surface area contributed by atoms with Gasteiger partial charge in [0.05, 0.1) is 0 Å². The molecule has 0 amide bonds. The first-order valence-corrected chi connectivity index (χ1v) is 6.29. The molecule has 2 nitrogen and oxygen atoms in total. The molecule has 1 aromatic carbocycles. The summed E-state index contributed by atoms with van der Waals surface area (Å²) in [4.78, 5) is 2.49. The molecule has 0 saturated heterocycles. The Hall–Kier alpha value is -0.380. The quantitative estimate of drug-likeness (QED) is 0.911. The minimum absolute atomic E-state index is 0.791. The fourth-order valence-electron chi connectivity index (χ4n) is 2.10. The second kappa shape index (κ2) is 5.10. The van der Waals surface area contributed by atoms with Gasteiger partial charge in [-0.25, -0.2) is 0 Å². The van der Waals surface area contributed by atoms with Gasteiger partial charge in [-0.1, -0.05) is 28.1 Å². The third-order valence-corrected chi connectivity index (χ3v) is 3.72. The van der Waals surface area contributed by atoms with Gasteiger partial charge in [0.1, 0.15) is 0 Å². The first-order valence-electron chi connectivity index (χ1n) is 5.50. The van der Waals surface area contributed by atoms with E-state index in [0.717, 1.165) is 26.1 Å². The Balaban J connectivity index is 2.08. The molecule has 0 aliphatic carbocycles. The molecule has 2 rings (SSSR count). The van der Waals surface area contributed by atoms with Crippen molar-refractivity contribution in [2.45, 2.75) is 19.4 Å². The van der Waals surface area contributed by atoms with E-state index >= 15 is 0 Å².